The lowest BCUT2D eigenvalue weighted by Crippen LogP contribution is -2.15. The summed E-state index contributed by atoms with van der Waals surface area (Å²) < 4.78 is 0. The zero-order valence-electron chi connectivity index (χ0n) is 9.64. The third kappa shape index (κ3) is 2.57. The van der Waals surface area contributed by atoms with E-state index in [-0.39, 0.29) is 4.99 Å². The summed E-state index contributed by atoms with van der Waals surface area (Å²) in [6, 6.07) is 5.63. The molecule has 0 spiro atoms. The van der Waals surface area contributed by atoms with E-state index in [9.17, 15) is 0 Å². The van der Waals surface area contributed by atoms with Crippen molar-refractivity contribution in [2.24, 2.45) is 5.73 Å². The molecule has 2 rings (SSSR count). The van der Waals surface area contributed by atoms with Crippen molar-refractivity contribution in [3.8, 4) is 0 Å². The Bertz CT molecular complexity index is 580. The Morgan fingerprint density at radius 1 is 1.33 bits per heavy atom. The monoisotopic (exact) mass is 278 g/mol. The summed E-state index contributed by atoms with van der Waals surface area (Å²) in [6.07, 6.45) is 3.11. The largest absolute Gasteiger partial charge is 0.388 e. The summed E-state index contributed by atoms with van der Waals surface area (Å²) in [5.74, 6) is 0.501. The highest BCUT2D eigenvalue weighted by Crippen LogP contribution is 2.28. The Morgan fingerprint density at radius 2 is 2.06 bits per heavy atom. The molecule has 0 atom stereocenters. The van der Waals surface area contributed by atoms with Crippen LogP contribution in [0.25, 0.3) is 0 Å². The molecule has 4 nitrogen and oxygen atoms in total. The van der Waals surface area contributed by atoms with E-state index < -0.39 is 0 Å². The van der Waals surface area contributed by atoms with Crippen molar-refractivity contribution in [2.45, 2.75) is 6.92 Å². The van der Waals surface area contributed by atoms with E-state index in [1.54, 1.807) is 18.5 Å². The van der Waals surface area contributed by atoms with Gasteiger partial charge in [-0.05, 0) is 18.6 Å². The number of aromatic nitrogens is 2. The number of nitrogens with zero attached hydrogens (tertiary/aromatic N) is 2. The lowest BCUT2D eigenvalue weighted by Gasteiger charge is -2.12. The van der Waals surface area contributed by atoms with Gasteiger partial charge in [-0.25, -0.2) is 9.97 Å². The average molecular weight is 279 g/mol. The zero-order chi connectivity index (χ0) is 13.1. The van der Waals surface area contributed by atoms with Gasteiger partial charge in [-0.1, -0.05) is 36.0 Å². The summed E-state index contributed by atoms with van der Waals surface area (Å²) in [5.41, 5.74) is 7.83. The van der Waals surface area contributed by atoms with Gasteiger partial charge in [-0.15, -0.1) is 0 Å². The minimum Gasteiger partial charge on any atom is -0.388 e. The summed E-state index contributed by atoms with van der Waals surface area (Å²) in [6.45, 7) is 1.95. The molecule has 0 bridgehead atoms. The topological polar surface area (TPSA) is 63.8 Å². The number of hydrogen-bond donors (Lipinski definition) is 2. The lowest BCUT2D eigenvalue weighted by molar-refractivity contribution is 1.17. The molecule has 0 radical (unpaired) electrons. The molecule has 92 valence electrons. The van der Waals surface area contributed by atoms with Crippen molar-refractivity contribution in [2.75, 3.05) is 5.32 Å². The number of aryl methyl sites for hydroxylation is 1. The summed E-state index contributed by atoms with van der Waals surface area (Å²) in [5, 5.41) is 3.72. The summed E-state index contributed by atoms with van der Waals surface area (Å²) in [7, 11) is 0. The lowest BCUT2D eigenvalue weighted by atomic mass is 10.2. The molecule has 1 aromatic heterocycles. The van der Waals surface area contributed by atoms with Crippen LogP contribution in [-0.2, 0) is 0 Å². The van der Waals surface area contributed by atoms with Crippen molar-refractivity contribution in [3.05, 3.63) is 46.9 Å². The number of nitrogens with two attached hydrogens (primary N) is 1. The molecule has 0 unspecified atom stereocenters. The average Bonchev–Trinajstić information content (AvgIpc) is 2.34. The first-order chi connectivity index (χ1) is 8.59. The van der Waals surface area contributed by atoms with Gasteiger partial charge in [-0.3, -0.25) is 0 Å². The van der Waals surface area contributed by atoms with Gasteiger partial charge in [0.25, 0.3) is 0 Å². The first-order valence-corrected chi connectivity index (χ1v) is 6.01. The highest BCUT2D eigenvalue weighted by atomic mass is 35.5. The minimum absolute atomic E-state index is 0.190. The predicted octanol–water partition coefficient (Wildman–Crippen LogP) is 2.82. The summed E-state index contributed by atoms with van der Waals surface area (Å²) in [4.78, 5) is 8.47. The van der Waals surface area contributed by atoms with Crippen LogP contribution in [0.2, 0.25) is 5.02 Å². The normalized spacial score (nSPS) is 10.1. The maximum Gasteiger partial charge on any atom is 0.159 e. The Hall–Kier alpha value is -1.72. The molecular weight excluding hydrogens is 268 g/mol. The SMILES string of the molecule is Cc1cccc(Cl)c1Nc1nccnc1C(N)=S. The van der Waals surface area contributed by atoms with Crippen LogP contribution in [0.15, 0.2) is 30.6 Å². The van der Waals surface area contributed by atoms with Crippen molar-refractivity contribution in [3.63, 3.8) is 0 Å². The second-order valence-electron chi connectivity index (χ2n) is 3.67. The van der Waals surface area contributed by atoms with Gasteiger partial charge in [0.15, 0.2) is 5.82 Å². The van der Waals surface area contributed by atoms with Crippen molar-refractivity contribution in [1.29, 1.82) is 0 Å². The molecule has 1 heterocycles. The quantitative estimate of drug-likeness (QED) is 0.845. The Kier molecular flexibility index (Phi) is 3.74. The molecule has 0 fully saturated rings. The second-order valence-corrected chi connectivity index (χ2v) is 4.52. The molecule has 0 aliphatic rings. The molecule has 0 saturated carbocycles. The van der Waals surface area contributed by atoms with Gasteiger partial charge in [0, 0.05) is 12.4 Å². The third-order valence-electron chi connectivity index (χ3n) is 2.40. The number of halogens is 1. The standard InChI is InChI=1S/C12H11ClN4S/c1-7-3-2-4-8(13)9(7)17-12-10(11(14)18)15-5-6-16-12/h2-6H,1H3,(H2,14,18)(H,16,17). The fraction of sp³-hybridized carbons (Fsp3) is 0.0833. The fourth-order valence-electron chi connectivity index (χ4n) is 1.52. The number of para-hydroxylation sites is 1. The number of nitrogens with one attached hydrogen (secondary N) is 1. The molecule has 0 amide bonds. The predicted molar refractivity (Wildman–Crippen MR) is 77.4 cm³/mol. The van der Waals surface area contributed by atoms with E-state index in [1.807, 2.05) is 19.1 Å². The number of thiocarbonyl (C=S) groups is 1. The Labute approximate surface area is 115 Å². The van der Waals surface area contributed by atoms with E-state index >= 15 is 0 Å². The molecule has 0 saturated heterocycles. The smallest absolute Gasteiger partial charge is 0.159 e. The van der Waals surface area contributed by atoms with E-state index in [0.29, 0.717) is 16.5 Å². The molecule has 2 aromatic rings. The van der Waals surface area contributed by atoms with Crippen molar-refractivity contribution < 1.29 is 0 Å². The van der Waals surface area contributed by atoms with Crippen LogP contribution in [0.3, 0.4) is 0 Å². The molecule has 0 aliphatic heterocycles. The highest BCUT2D eigenvalue weighted by Gasteiger charge is 2.10. The van der Waals surface area contributed by atoms with Crippen LogP contribution in [0.5, 0.6) is 0 Å². The van der Waals surface area contributed by atoms with Gasteiger partial charge in [0.05, 0.1) is 10.7 Å². The van der Waals surface area contributed by atoms with Crippen LogP contribution in [0.1, 0.15) is 11.3 Å². The van der Waals surface area contributed by atoms with Gasteiger partial charge in [0.1, 0.15) is 10.7 Å². The molecule has 3 N–H and O–H groups in total. The van der Waals surface area contributed by atoms with E-state index in [0.717, 1.165) is 11.3 Å². The Balaban J connectivity index is 2.43. The molecule has 6 heteroatoms. The van der Waals surface area contributed by atoms with Crippen LogP contribution in [0, 0.1) is 6.92 Å². The number of hydrogen-bond acceptors (Lipinski definition) is 4. The molecule has 0 aliphatic carbocycles. The fourth-order valence-corrected chi connectivity index (χ4v) is 1.94. The summed E-state index contributed by atoms with van der Waals surface area (Å²) >= 11 is 11.1. The van der Waals surface area contributed by atoms with Gasteiger partial charge in [0.2, 0.25) is 0 Å². The second kappa shape index (κ2) is 5.29. The van der Waals surface area contributed by atoms with Crippen LogP contribution < -0.4 is 11.1 Å². The van der Waals surface area contributed by atoms with Crippen molar-refractivity contribution in [1.82, 2.24) is 9.97 Å². The number of anilines is 2. The van der Waals surface area contributed by atoms with Gasteiger partial charge < -0.3 is 11.1 Å². The molecular formula is C12H11ClN4S. The van der Waals surface area contributed by atoms with Gasteiger partial charge >= 0.3 is 0 Å². The zero-order valence-corrected chi connectivity index (χ0v) is 11.2. The number of benzene rings is 1. The van der Waals surface area contributed by atoms with Crippen LogP contribution >= 0.6 is 23.8 Å². The molecule has 1 aromatic carbocycles. The third-order valence-corrected chi connectivity index (χ3v) is 2.91. The van der Waals surface area contributed by atoms with Crippen LogP contribution in [0.4, 0.5) is 11.5 Å². The number of rotatable bonds is 3. The minimum atomic E-state index is 0.190. The van der Waals surface area contributed by atoms with Crippen molar-refractivity contribution >= 4 is 40.3 Å². The maximum atomic E-state index is 6.14. The Morgan fingerprint density at radius 3 is 2.72 bits per heavy atom. The first-order valence-electron chi connectivity index (χ1n) is 5.22. The van der Waals surface area contributed by atoms with Crippen LogP contribution in [-0.4, -0.2) is 15.0 Å². The highest BCUT2D eigenvalue weighted by molar-refractivity contribution is 7.80. The maximum absolute atomic E-state index is 6.14. The first kappa shape index (κ1) is 12.7. The molecule has 18 heavy (non-hydrogen) atoms. The van der Waals surface area contributed by atoms with E-state index in [1.165, 1.54) is 0 Å². The van der Waals surface area contributed by atoms with E-state index in [2.05, 4.69) is 15.3 Å². The van der Waals surface area contributed by atoms with Gasteiger partial charge in [-0.2, -0.15) is 0 Å². The van der Waals surface area contributed by atoms with E-state index in [4.69, 9.17) is 29.6 Å².